The SMILES string of the molecule is COc1cc(C=NNc2cccc([N+](=O)[O-])c2)ccc1OCc1cc(C)ccc1C. The number of nitro benzene ring substituents is 1. The van der Waals surface area contributed by atoms with E-state index < -0.39 is 4.92 Å². The molecule has 0 aromatic heterocycles. The molecule has 0 bridgehead atoms. The average Bonchev–Trinajstić information content (AvgIpc) is 2.75. The third-order valence-corrected chi connectivity index (χ3v) is 4.54. The summed E-state index contributed by atoms with van der Waals surface area (Å²) >= 11 is 0. The molecule has 0 amide bonds. The van der Waals surface area contributed by atoms with Crippen molar-refractivity contribution in [1.82, 2.24) is 0 Å². The summed E-state index contributed by atoms with van der Waals surface area (Å²) in [7, 11) is 1.59. The third-order valence-electron chi connectivity index (χ3n) is 4.54. The average molecular weight is 405 g/mol. The van der Waals surface area contributed by atoms with Crippen LogP contribution in [0.2, 0.25) is 0 Å². The van der Waals surface area contributed by atoms with Crippen molar-refractivity contribution >= 4 is 17.6 Å². The highest BCUT2D eigenvalue weighted by Gasteiger charge is 2.08. The highest BCUT2D eigenvalue weighted by Crippen LogP contribution is 2.29. The zero-order valence-electron chi connectivity index (χ0n) is 17.1. The Labute approximate surface area is 175 Å². The van der Waals surface area contributed by atoms with Gasteiger partial charge >= 0.3 is 0 Å². The molecule has 30 heavy (non-hydrogen) atoms. The number of hydrogen-bond acceptors (Lipinski definition) is 6. The van der Waals surface area contributed by atoms with Crippen LogP contribution in [0.15, 0.2) is 65.8 Å². The first-order valence-corrected chi connectivity index (χ1v) is 9.37. The second-order valence-electron chi connectivity index (χ2n) is 6.81. The van der Waals surface area contributed by atoms with Crippen molar-refractivity contribution in [2.24, 2.45) is 5.10 Å². The molecule has 1 N–H and O–H groups in total. The molecule has 0 heterocycles. The zero-order chi connectivity index (χ0) is 21.5. The van der Waals surface area contributed by atoms with Crippen molar-refractivity contribution in [3.8, 4) is 11.5 Å². The summed E-state index contributed by atoms with van der Waals surface area (Å²) in [4.78, 5) is 10.4. The van der Waals surface area contributed by atoms with Crippen molar-refractivity contribution in [2.45, 2.75) is 20.5 Å². The van der Waals surface area contributed by atoms with Crippen molar-refractivity contribution in [3.05, 3.63) is 93.0 Å². The first-order chi connectivity index (χ1) is 14.5. The number of nitrogens with zero attached hydrogens (tertiary/aromatic N) is 2. The largest absolute Gasteiger partial charge is 0.493 e. The first-order valence-electron chi connectivity index (χ1n) is 9.37. The van der Waals surface area contributed by atoms with Gasteiger partial charge in [0.25, 0.3) is 5.69 Å². The standard InChI is InChI=1S/C23H23N3O4/c1-16-7-8-17(2)19(11-16)15-30-22-10-9-18(12-23(22)29-3)14-24-25-20-5-4-6-21(13-20)26(27)28/h4-14,25H,15H2,1-3H3. The van der Waals surface area contributed by atoms with Crippen LogP contribution in [0.4, 0.5) is 11.4 Å². The first kappa shape index (κ1) is 20.9. The Kier molecular flexibility index (Phi) is 6.64. The Hall–Kier alpha value is -3.87. The summed E-state index contributed by atoms with van der Waals surface area (Å²) in [5.41, 5.74) is 7.61. The highest BCUT2D eigenvalue weighted by atomic mass is 16.6. The summed E-state index contributed by atoms with van der Waals surface area (Å²) in [5, 5.41) is 15.0. The second kappa shape index (κ2) is 9.56. The van der Waals surface area contributed by atoms with E-state index in [-0.39, 0.29) is 5.69 Å². The van der Waals surface area contributed by atoms with Crippen LogP contribution in [0.3, 0.4) is 0 Å². The lowest BCUT2D eigenvalue weighted by atomic mass is 10.1. The van der Waals surface area contributed by atoms with E-state index in [1.807, 2.05) is 18.2 Å². The summed E-state index contributed by atoms with van der Waals surface area (Å²) < 4.78 is 11.4. The van der Waals surface area contributed by atoms with Gasteiger partial charge in [0.15, 0.2) is 11.5 Å². The fourth-order valence-electron chi connectivity index (χ4n) is 2.87. The number of nitro groups is 1. The molecule has 0 aliphatic heterocycles. The molecule has 0 aliphatic carbocycles. The molecule has 0 aliphatic rings. The Bertz CT molecular complexity index is 1080. The second-order valence-corrected chi connectivity index (χ2v) is 6.81. The molecule has 0 radical (unpaired) electrons. The van der Waals surface area contributed by atoms with Gasteiger partial charge < -0.3 is 9.47 Å². The molecule has 0 atom stereocenters. The maximum absolute atomic E-state index is 10.8. The molecule has 3 rings (SSSR count). The normalized spacial score (nSPS) is 10.8. The summed E-state index contributed by atoms with van der Waals surface area (Å²) in [6, 6.07) is 17.9. The number of anilines is 1. The van der Waals surface area contributed by atoms with E-state index >= 15 is 0 Å². The number of aryl methyl sites for hydroxylation is 2. The molecule has 0 unspecified atom stereocenters. The number of hydrazone groups is 1. The van der Waals surface area contributed by atoms with Crippen molar-refractivity contribution < 1.29 is 14.4 Å². The minimum Gasteiger partial charge on any atom is -0.493 e. The molecule has 0 spiro atoms. The van der Waals surface area contributed by atoms with Gasteiger partial charge in [0.1, 0.15) is 6.61 Å². The molecule has 0 fully saturated rings. The highest BCUT2D eigenvalue weighted by molar-refractivity contribution is 5.81. The quantitative estimate of drug-likeness (QED) is 0.314. The van der Waals surface area contributed by atoms with Crippen LogP contribution < -0.4 is 14.9 Å². The molecule has 7 heteroatoms. The fraction of sp³-hybridized carbons (Fsp3) is 0.174. The van der Waals surface area contributed by atoms with Gasteiger partial charge in [0.2, 0.25) is 0 Å². The van der Waals surface area contributed by atoms with Crippen LogP contribution >= 0.6 is 0 Å². The molecular formula is C23H23N3O4. The lowest BCUT2D eigenvalue weighted by molar-refractivity contribution is -0.384. The number of hydrogen-bond donors (Lipinski definition) is 1. The number of rotatable bonds is 8. The Morgan fingerprint density at radius 3 is 2.67 bits per heavy atom. The molecule has 154 valence electrons. The number of methoxy groups -OCH3 is 1. The predicted octanol–water partition coefficient (Wildman–Crippen LogP) is 5.25. The molecule has 3 aromatic rings. The summed E-state index contributed by atoms with van der Waals surface area (Å²) in [5.74, 6) is 1.24. The number of nitrogens with one attached hydrogen (secondary N) is 1. The minimum absolute atomic E-state index is 0.00205. The fourth-order valence-corrected chi connectivity index (χ4v) is 2.87. The van der Waals surface area contributed by atoms with Crippen LogP contribution in [0.1, 0.15) is 22.3 Å². The van der Waals surface area contributed by atoms with E-state index in [1.54, 1.807) is 25.5 Å². The lowest BCUT2D eigenvalue weighted by Crippen LogP contribution is -2.01. The van der Waals surface area contributed by atoms with Crippen molar-refractivity contribution in [2.75, 3.05) is 12.5 Å². The Morgan fingerprint density at radius 2 is 1.90 bits per heavy atom. The molecule has 0 saturated carbocycles. The van der Waals surface area contributed by atoms with E-state index in [1.165, 1.54) is 23.3 Å². The van der Waals surface area contributed by atoms with Gasteiger partial charge in [-0.1, -0.05) is 29.8 Å². The maximum Gasteiger partial charge on any atom is 0.271 e. The molecular weight excluding hydrogens is 382 g/mol. The van der Waals surface area contributed by atoms with Crippen LogP contribution in [0.5, 0.6) is 11.5 Å². The van der Waals surface area contributed by atoms with Crippen LogP contribution in [-0.4, -0.2) is 18.2 Å². The van der Waals surface area contributed by atoms with Gasteiger partial charge in [0, 0.05) is 12.1 Å². The van der Waals surface area contributed by atoms with Gasteiger partial charge in [-0.3, -0.25) is 15.5 Å². The summed E-state index contributed by atoms with van der Waals surface area (Å²) in [6.45, 7) is 4.56. The smallest absolute Gasteiger partial charge is 0.271 e. The van der Waals surface area contributed by atoms with E-state index in [4.69, 9.17) is 9.47 Å². The summed E-state index contributed by atoms with van der Waals surface area (Å²) in [6.07, 6.45) is 1.61. The van der Waals surface area contributed by atoms with Gasteiger partial charge in [-0.15, -0.1) is 0 Å². The van der Waals surface area contributed by atoms with E-state index in [0.29, 0.717) is 23.8 Å². The van der Waals surface area contributed by atoms with Gasteiger partial charge in [-0.2, -0.15) is 5.10 Å². The molecule has 0 saturated heterocycles. The third kappa shape index (κ3) is 5.35. The van der Waals surface area contributed by atoms with Crippen LogP contribution in [0.25, 0.3) is 0 Å². The van der Waals surface area contributed by atoms with E-state index in [9.17, 15) is 10.1 Å². The number of ether oxygens (including phenoxy) is 2. The Balaban J connectivity index is 1.67. The zero-order valence-corrected chi connectivity index (χ0v) is 17.1. The monoisotopic (exact) mass is 405 g/mol. The van der Waals surface area contributed by atoms with E-state index in [0.717, 1.165) is 11.1 Å². The van der Waals surface area contributed by atoms with Crippen LogP contribution in [-0.2, 0) is 6.61 Å². The van der Waals surface area contributed by atoms with Crippen LogP contribution in [0, 0.1) is 24.0 Å². The number of non-ortho nitro benzene ring substituents is 1. The molecule has 7 nitrogen and oxygen atoms in total. The van der Waals surface area contributed by atoms with Crippen molar-refractivity contribution in [1.29, 1.82) is 0 Å². The van der Waals surface area contributed by atoms with Crippen molar-refractivity contribution in [3.63, 3.8) is 0 Å². The minimum atomic E-state index is -0.448. The van der Waals surface area contributed by atoms with Gasteiger partial charge in [-0.05, 0) is 54.8 Å². The number of benzene rings is 3. The maximum atomic E-state index is 10.8. The van der Waals surface area contributed by atoms with Gasteiger partial charge in [-0.25, -0.2) is 0 Å². The predicted molar refractivity (Wildman–Crippen MR) is 118 cm³/mol. The Morgan fingerprint density at radius 1 is 1.07 bits per heavy atom. The molecule has 3 aromatic carbocycles. The van der Waals surface area contributed by atoms with Gasteiger partial charge in [0.05, 0.1) is 23.9 Å². The topological polar surface area (TPSA) is 86.0 Å². The van der Waals surface area contributed by atoms with E-state index in [2.05, 4.69) is 42.6 Å². The lowest BCUT2D eigenvalue weighted by Gasteiger charge is -2.13.